The van der Waals surface area contributed by atoms with Gasteiger partial charge in [-0.1, -0.05) is 36.4 Å². The summed E-state index contributed by atoms with van der Waals surface area (Å²) in [5.74, 6) is -0.0759. The van der Waals surface area contributed by atoms with Crippen molar-refractivity contribution < 1.29 is 4.79 Å². The zero-order chi connectivity index (χ0) is 21.3. The van der Waals surface area contributed by atoms with Crippen LogP contribution in [0.25, 0.3) is 5.57 Å². The van der Waals surface area contributed by atoms with Crippen LogP contribution in [0, 0.1) is 28.1 Å². The third-order valence-corrected chi connectivity index (χ3v) is 5.47. The molecule has 4 rings (SSSR count). The summed E-state index contributed by atoms with van der Waals surface area (Å²) in [7, 11) is 0. The van der Waals surface area contributed by atoms with Crippen molar-refractivity contribution in [2.45, 2.75) is 13.8 Å². The van der Waals surface area contributed by atoms with Gasteiger partial charge >= 0.3 is 0 Å². The molecule has 1 aliphatic rings. The van der Waals surface area contributed by atoms with Crippen LogP contribution in [0.4, 0.5) is 17.1 Å². The Hall–Kier alpha value is -4.15. The van der Waals surface area contributed by atoms with Crippen molar-refractivity contribution in [2.75, 3.05) is 4.90 Å². The number of hydrogen-bond donors (Lipinski definition) is 0. The van der Waals surface area contributed by atoms with E-state index in [2.05, 4.69) is 4.90 Å². The number of fused-ring (bicyclic) bond motifs is 1. The number of ketones is 1. The summed E-state index contributed by atoms with van der Waals surface area (Å²) < 4.78 is 0. The van der Waals surface area contributed by atoms with Crippen molar-refractivity contribution in [2.24, 2.45) is 5.41 Å². The van der Waals surface area contributed by atoms with E-state index in [1.54, 1.807) is 19.9 Å². The van der Waals surface area contributed by atoms with Crippen LogP contribution in [-0.2, 0) is 0 Å². The predicted molar refractivity (Wildman–Crippen MR) is 117 cm³/mol. The maximum absolute atomic E-state index is 13.0. The molecule has 0 aromatic heterocycles. The Morgan fingerprint density at radius 3 is 1.80 bits per heavy atom. The van der Waals surface area contributed by atoms with Crippen molar-refractivity contribution >= 4 is 28.4 Å². The van der Waals surface area contributed by atoms with Crippen molar-refractivity contribution in [1.29, 1.82) is 10.5 Å². The zero-order valence-electron chi connectivity index (χ0n) is 16.8. The quantitative estimate of drug-likeness (QED) is 0.502. The summed E-state index contributed by atoms with van der Waals surface area (Å²) in [6.07, 6.45) is 0. The maximum atomic E-state index is 13.0. The van der Waals surface area contributed by atoms with Crippen molar-refractivity contribution in [3.63, 3.8) is 0 Å². The Morgan fingerprint density at radius 1 is 0.767 bits per heavy atom. The van der Waals surface area contributed by atoms with Crippen LogP contribution in [-0.4, -0.2) is 5.78 Å². The van der Waals surface area contributed by atoms with Gasteiger partial charge in [0.05, 0.1) is 5.41 Å². The van der Waals surface area contributed by atoms with Gasteiger partial charge in [0.2, 0.25) is 0 Å². The molecule has 3 aromatic rings. The number of anilines is 3. The van der Waals surface area contributed by atoms with Crippen LogP contribution in [0.15, 0.2) is 84.4 Å². The summed E-state index contributed by atoms with van der Waals surface area (Å²) in [6, 6.07) is 29.4. The fourth-order valence-corrected chi connectivity index (χ4v) is 4.05. The molecular formula is C26H19N3O. The van der Waals surface area contributed by atoms with Gasteiger partial charge in [-0.3, -0.25) is 4.79 Å². The highest BCUT2D eigenvalue weighted by Crippen LogP contribution is 2.49. The minimum absolute atomic E-state index is 0.0183. The molecule has 0 amide bonds. The predicted octanol–water partition coefficient (Wildman–Crippen LogP) is 6.18. The second-order valence-corrected chi connectivity index (χ2v) is 7.66. The molecule has 1 aliphatic carbocycles. The van der Waals surface area contributed by atoms with E-state index in [-0.39, 0.29) is 11.4 Å². The molecular weight excluding hydrogens is 370 g/mol. The molecule has 0 atom stereocenters. The highest BCUT2D eigenvalue weighted by atomic mass is 16.1. The number of Topliss-reactive ketones (excluding diaryl/α,β-unsaturated/α-hetero) is 1. The lowest BCUT2D eigenvalue weighted by molar-refractivity contribution is 0.0905. The van der Waals surface area contributed by atoms with E-state index in [0.717, 1.165) is 17.1 Å². The van der Waals surface area contributed by atoms with E-state index in [1.807, 2.05) is 84.9 Å². The third-order valence-electron chi connectivity index (χ3n) is 5.47. The van der Waals surface area contributed by atoms with E-state index < -0.39 is 5.41 Å². The Morgan fingerprint density at radius 2 is 1.30 bits per heavy atom. The number of para-hydroxylation sites is 2. The third kappa shape index (κ3) is 2.96. The fourth-order valence-electron chi connectivity index (χ4n) is 4.05. The van der Waals surface area contributed by atoms with Gasteiger partial charge in [-0.15, -0.1) is 0 Å². The molecule has 0 radical (unpaired) electrons. The van der Waals surface area contributed by atoms with E-state index in [4.69, 9.17) is 0 Å². The molecule has 30 heavy (non-hydrogen) atoms. The van der Waals surface area contributed by atoms with Gasteiger partial charge in [-0.05, 0) is 61.9 Å². The number of nitriles is 2. The van der Waals surface area contributed by atoms with Crippen LogP contribution < -0.4 is 4.90 Å². The Bertz CT molecular complexity index is 1190. The molecule has 0 spiro atoms. The topological polar surface area (TPSA) is 67.9 Å². The van der Waals surface area contributed by atoms with Crippen LogP contribution in [0.3, 0.4) is 0 Å². The lowest BCUT2D eigenvalue weighted by Gasteiger charge is -2.26. The number of allylic oxidation sites excluding steroid dienone is 2. The van der Waals surface area contributed by atoms with Gasteiger partial charge in [0, 0.05) is 28.2 Å². The Kier molecular flexibility index (Phi) is 4.70. The molecule has 0 aliphatic heterocycles. The van der Waals surface area contributed by atoms with Gasteiger partial charge in [0.15, 0.2) is 5.78 Å². The monoisotopic (exact) mass is 389 g/mol. The van der Waals surface area contributed by atoms with Crippen LogP contribution in [0.2, 0.25) is 0 Å². The van der Waals surface area contributed by atoms with Gasteiger partial charge in [0.1, 0.15) is 17.7 Å². The normalized spacial score (nSPS) is 13.9. The molecule has 0 bridgehead atoms. The second kappa shape index (κ2) is 7.35. The zero-order valence-corrected chi connectivity index (χ0v) is 16.8. The van der Waals surface area contributed by atoms with Crippen molar-refractivity contribution in [3.05, 3.63) is 95.6 Å². The number of carbonyl (C=O) groups excluding carboxylic acids is 1. The van der Waals surface area contributed by atoms with E-state index in [1.165, 1.54) is 0 Å². The summed E-state index contributed by atoms with van der Waals surface area (Å²) in [5.41, 5.74) is 3.54. The summed E-state index contributed by atoms with van der Waals surface area (Å²) in [4.78, 5) is 15.1. The van der Waals surface area contributed by atoms with Crippen LogP contribution in [0.5, 0.6) is 0 Å². The average Bonchev–Trinajstić information content (AvgIpc) is 2.97. The highest BCUT2D eigenvalue weighted by molar-refractivity contribution is 6.18. The second-order valence-electron chi connectivity index (χ2n) is 7.66. The minimum atomic E-state index is -0.925. The molecule has 0 saturated carbocycles. The van der Waals surface area contributed by atoms with E-state index in [9.17, 15) is 15.3 Å². The Labute approximate surface area is 175 Å². The molecule has 144 valence electrons. The molecule has 0 saturated heterocycles. The average molecular weight is 389 g/mol. The number of rotatable bonds is 3. The molecule has 0 unspecified atom stereocenters. The number of benzene rings is 3. The smallest absolute Gasteiger partial charge is 0.173 e. The largest absolute Gasteiger partial charge is 0.310 e. The summed E-state index contributed by atoms with van der Waals surface area (Å²) in [6.45, 7) is 3.54. The Balaban J connectivity index is 1.97. The molecule has 4 nitrogen and oxygen atoms in total. The molecule has 3 aromatic carbocycles. The van der Waals surface area contributed by atoms with Crippen LogP contribution in [0.1, 0.15) is 29.8 Å². The minimum Gasteiger partial charge on any atom is -0.310 e. The van der Waals surface area contributed by atoms with E-state index >= 15 is 0 Å². The first-order valence-electron chi connectivity index (χ1n) is 9.63. The number of hydrogen-bond acceptors (Lipinski definition) is 4. The lowest BCUT2D eigenvalue weighted by atomic mass is 9.82. The first-order valence-corrected chi connectivity index (χ1v) is 9.63. The molecule has 0 heterocycles. The lowest BCUT2D eigenvalue weighted by Crippen LogP contribution is -2.19. The maximum Gasteiger partial charge on any atom is 0.173 e. The molecule has 0 N–H and O–H groups in total. The summed E-state index contributed by atoms with van der Waals surface area (Å²) in [5, 5.41) is 19.0. The van der Waals surface area contributed by atoms with Gasteiger partial charge in [-0.2, -0.15) is 10.5 Å². The SMILES string of the molecule is CC1(C)C(=O)c2ccc(N(c3ccccc3)c3ccccc3)cc2C1=C(C#N)C#N. The van der Waals surface area contributed by atoms with Crippen molar-refractivity contribution in [1.82, 2.24) is 0 Å². The fraction of sp³-hybridized carbons (Fsp3) is 0.115. The summed E-state index contributed by atoms with van der Waals surface area (Å²) >= 11 is 0. The first-order chi connectivity index (χ1) is 14.5. The van der Waals surface area contributed by atoms with E-state index in [0.29, 0.717) is 16.7 Å². The standard InChI is InChI=1S/C26H19N3O/c1-26(2)24(18(16-27)17-28)23-15-21(13-14-22(23)25(26)30)29(19-9-5-3-6-10-19)20-11-7-4-8-12-20/h3-15H,1-2H3. The highest BCUT2D eigenvalue weighted by Gasteiger charge is 2.44. The number of nitrogens with zero attached hydrogens (tertiary/aromatic N) is 3. The molecule has 0 fully saturated rings. The molecule has 4 heteroatoms. The first kappa shape index (κ1) is 19.2. The van der Waals surface area contributed by atoms with Crippen molar-refractivity contribution in [3.8, 4) is 12.1 Å². The van der Waals surface area contributed by atoms with Gasteiger partial charge in [0.25, 0.3) is 0 Å². The van der Waals surface area contributed by atoms with Gasteiger partial charge in [-0.25, -0.2) is 0 Å². The number of carbonyl (C=O) groups is 1. The van der Waals surface area contributed by atoms with Crippen LogP contribution >= 0.6 is 0 Å². The van der Waals surface area contributed by atoms with Gasteiger partial charge < -0.3 is 4.90 Å².